The van der Waals surface area contributed by atoms with Crippen LogP contribution in [0.4, 0.5) is 5.69 Å². The Morgan fingerprint density at radius 1 is 1.07 bits per heavy atom. The van der Waals surface area contributed by atoms with Gasteiger partial charge in [0.05, 0.1) is 24.6 Å². The average Bonchev–Trinajstić information content (AvgIpc) is 3.01. The van der Waals surface area contributed by atoms with E-state index in [2.05, 4.69) is 41.2 Å². The molecule has 1 aliphatic rings. The number of fused-ring (bicyclic) bond motifs is 2. The van der Waals surface area contributed by atoms with E-state index in [-0.39, 0.29) is 51.6 Å². The maximum Gasteiger partial charge on any atom is 0.220 e. The van der Waals surface area contributed by atoms with Crippen LogP contribution >= 0.6 is 0 Å². The predicted molar refractivity (Wildman–Crippen MR) is 174 cm³/mol. The van der Waals surface area contributed by atoms with Gasteiger partial charge in [-0.2, -0.15) is 0 Å². The topological polar surface area (TPSA) is 167 Å². The maximum atomic E-state index is 10.9. The Hall–Kier alpha value is -2.38. The van der Waals surface area contributed by atoms with Gasteiger partial charge in [0.15, 0.2) is 0 Å². The summed E-state index contributed by atoms with van der Waals surface area (Å²) in [4.78, 5) is 26.9. The van der Waals surface area contributed by atoms with Gasteiger partial charge in [0, 0.05) is 95.7 Å². The molecule has 1 heterocycles. The molecule has 1 amide bonds. The molecule has 0 unspecified atom stereocenters. The molecule has 0 saturated heterocycles. The molecule has 2 aromatic carbocycles. The van der Waals surface area contributed by atoms with Crippen LogP contribution in [0.2, 0.25) is 0 Å². The fraction of sp³-hybridized carbons (Fsp3) is 0.500. The number of hydrazine groups is 1. The summed E-state index contributed by atoms with van der Waals surface area (Å²) < 4.78 is 5.15. The van der Waals surface area contributed by atoms with E-state index >= 15 is 0 Å². The number of nitrogens with zero attached hydrogens (tertiary/aromatic N) is 2. The number of carbonyl (C=O) groups is 2. The third kappa shape index (κ3) is 15.6. The van der Waals surface area contributed by atoms with E-state index < -0.39 is 0 Å². The van der Waals surface area contributed by atoms with Crippen molar-refractivity contribution in [3.8, 4) is 0 Å². The predicted octanol–water partition coefficient (Wildman–Crippen LogP) is 4.82. The number of hydrogen-bond donors (Lipinski definition) is 4. The van der Waals surface area contributed by atoms with Crippen LogP contribution in [0, 0.1) is 0 Å². The van der Waals surface area contributed by atoms with E-state index in [9.17, 15) is 9.59 Å². The second kappa shape index (κ2) is 25.9. The Morgan fingerprint density at radius 2 is 1.75 bits per heavy atom. The number of nitrogens with two attached hydrogens (primary N) is 2. The molecule has 0 bridgehead atoms. The molecule has 2 aromatic rings. The van der Waals surface area contributed by atoms with Crippen LogP contribution in [-0.4, -0.2) is 69.0 Å². The van der Waals surface area contributed by atoms with Crippen molar-refractivity contribution in [2.45, 2.75) is 58.9 Å². The van der Waals surface area contributed by atoms with Gasteiger partial charge in [-0.3, -0.25) is 10.1 Å². The molecular formula is C32H51N6O5Y-. The zero-order valence-corrected chi connectivity index (χ0v) is 29.4. The molecule has 1 aliphatic heterocycles. The average molecular weight is 689 g/mol. The first-order valence-corrected chi connectivity index (χ1v) is 15.0. The van der Waals surface area contributed by atoms with E-state index in [4.69, 9.17) is 27.3 Å². The molecule has 7 N–H and O–H groups in total. The number of nitrogens with one attached hydrogen (secondary N) is 2. The van der Waals surface area contributed by atoms with Gasteiger partial charge in [0.1, 0.15) is 6.29 Å². The molecule has 44 heavy (non-hydrogen) atoms. The van der Waals surface area contributed by atoms with Crippen molar-refractivity contribution in [3.05, 3.63) is 71.0 Å². The molecule has 0 fully saturated rings. The molecule has 0 aliphatic carbocycles. The first-order valence-electron chi connectivity index (χ1n) is 15.0. The van der Waals surface area contributed by atoms with Gasteiger partial charge in [0.2, 0.25) is 5.91 Å². The van der Waals surface area contributed by atoms with Crippen LogP contribution in [-0.2, 0) is 58.5 Å². The molecule has 1 radical (unpaired) electrons. The second-order valence-electron chi connectivity index (χ2n) is 9.94. The largest absolute Gasteiger partial charge is 0.676 e. The number of amides is 1. The van der Waals surface area contributed by atoms with Crippen molar-refractivity contribution in [2.75, 3.05) is 51.4 Å². The van der Waals surface area contributed by atoms with Crippen molar-refractivity contribution < 1.29 is 57.2 Å². The number of anilines is 1. The van der Waals surface area contributed by atoms with E-state index in [1.807, 2.05) is 43.3 Å². The van der Waals surface area contributed by atoms with Crippen molar-refractivity contribution in [1.82, 2.24) is 10.3 Å². The van der Waals surface area contributed by atoms with E-state index in [0.29, 0.717) is 38.4 Å². The summed E-state index contributed by atoms with van der Waals surface area (Å²) in [6.45, 7) is 7.84. The van der Waals surface area contributed by atoms with Gasteiger partial charge in [-0.15, -0.1) is 6.54 Å². The van der Waals surface area contributed by atoms with Gasteiger partial charge < -0.3 is 36.2 Å². The SMILES string of the molecule is CCCCCOO.CCCOCCNC(=O)CCC=O.CN1Cc2ccccc2/C(N(N)CC[NH-])=C(/N)c2ccccc21.[Y]. The van der Waals surface area contributed by atoms with Crippen molar-refractivity contribution in [2.24, 2.45) is 11.6 Å². The zero-order chi connectivity index (χ0) is 31.9. The van der Waals surface area contributed by atoms with Crippen LogP contribution in [0.3, 0.4) is 0 Å². The monoisotopic (exact) mass is 688 g/mol. The van der Waals surface area contributed by atoms with Gasteiger partial charge in [0.25, 0.3) is 0 Å². The quantitative estimate of drug-likeness (QED) is 0.0675. The fourth-order valence-corrected chi connectivity index (χ4v) is 4.28. The number of aldehydes is 1. The third-order valence-corrected chi connectivity index (χ3v) is 6.43. The minimum Gasteiger partial charge on any atom is -0.676 e. The summed E-state index contributed by atoms with van der Waals surface area (Å²) in [6, 6.07) is 16.2. The Balaban J connectivity index is 0.000000748. The van der Waals surface area contributed by atoms with Crippen LogP contribution in [0.15, 0.2) is 48.5 Å². The number of hydrogen-bond acceptors (Lipinski definition) is 9. The van der Waals surface area contributed by atoms with Gasteiger partial charge >= 0.3 is 0 Å². The summed E-state index contributed by atoms with van der Waals surface area (Å²) in [5.41, 5.74) is 19.7. The Kier molecular flexibility index (Phi) is 24.5. The Morgan fingerprint density at radius 3 is 2.39 bits per heavy atom. The molecule has 0 atom stereocenters. The van der Waals surface area contributed by atoms with E-state index in [1.165, 1.54) is 12.0 Å². The van der Waals surface area contributed by atoms with E-state index in [0.717, 1.165) is 61.2 Å². The summed E-state index contributed by atoms with van der Waals surface area (Å²) in [5.74, 6) is 6.15. The van der Waals surface area contributed by atoms with Crippen LogP contribution in [0.5, 0.6) is 0 Å². The minimum absolute atomic E-state index is 0. The first-order chi connectivity index (χ1) is 20.9. The van der Waals surface area contributed by atoms with Crippen LogP contribution in [0.1, 0.15) is 69.1 Å². The van der Waals surface area contributed by atoms with Crippen molar-refractivity contribution in [1.29, 1.82) is 0 Å². The number of carbonyl (C=O) groups excluding carboxylic acids is 2. The summed E-state index contributed by atoms with van der Waals surface area (Å²) in [7, 11) is 2.07. The molecule has 0 saturated carbocycles. The number of rotatable bonds is 15. The van der Waals surface area contributed by atoms with Gasteiger partial charge in [-0.1, -0.05) is 69.2 Å². The van der Waals surface area contributed by atoms with Crippen molar-refractivity contribution in [3.63, 3.8) is 0 Å². The Bertz CT molecular complexity index is 1100. The molecule has 12 heteroatoms. The maximum absolute atomic E-state index is 10.9. The van der Waals surface area contributed by atoms with Crippen LogP contribution < -0.4 is 21.8 Å². The first kappa shape index (κ1) is 41.6. The number of para-hydroxylation sites is 1. The van der Waals surface area contributed by atoms with Gasteiger partial charge in [-0.05, 0) is 24.5 Å². The second-order valence-corrected chi connectivity index (χ2v) is 9.94. The normalized spacial score (nSPS) is 13.3. The molecule has 3 rings (SSSR count). The fourth-order valence-electron chi connectivity index (χ4n) is 4.28. The molecule has 11 nitrogen and oxygen atoms in total. The minimum atomic E-state index is -0.0906. The number of unbranched alkanes of at least 4 members (excludes halogenated alkanes) is 2. The number of benzene rings is 2. The summed E-state index contributed by atoms with van der Waals surface area (Å²) in [6.07, 6.45) is 5.57. The molecule has 0 aromatic heterocycles. The molecule has 243 valence electrons. The Labute approximate surface area is 288 Å². The van der Waals surface area contributed by atoms with E-state index in [1.54, 1.807) is 5.01 Å². The summed E-state index contributed by atoms with van der Waals surface area (Å²) in [5, 5.41) is 12.0. The number of ether oxygens (including phenoxy) is 1. The smallest absolute Gasteiger partial charge is 0.220 e. The standard InChI is InChI=1S/C18H22N5.C9H17NO3.C5H12O2.Y/c1-22-12-13-6-2-3-7-14(13)18(23(21)11-10-19)17(20)15-8-4-5-9-16(15)22;1-2-7-13-8-5-10-9(12)4-3-6-11;1-2-3-4-5-7-6;/h2-9,19H,10-12,20-21H2,1H3;6H,2-5,7-8H2,1H3,(H,10,12);6H,2-5H2,1H3;/q-1;;;/b18-17-;;;. The molecular weight excluding hydrogens is 637 g/mol. The van der Waals surface area contributed by atoms with Gasteiger partial charge in [-0.25, -0.2) is 10.7 Å². The van der Waals surface area contributed by atoms with Crippen LogP contribution in [0.25, 0.3) is 17.1 Å². The zero-order valence-electron chi connectivity index (χ0n) is 26.6. The third-order valence-electron chi connectivity index (χ3n) is 6.43. The molecule has 0 spiro atoms. The summed E-state index contributed by atoms with van der Waals surface area (Å²) >= 11 is 0. The van der Waals surface area contributed by atoms with Crippen molar-refractivity contribution >= 4 is 29.3 Å².